The number of ether oxygens (including phenoxy) is 1. The normalized spacial score (nSPS) is 18.4. The van der Waals surface area contributed by atoms with E-state index < -0.39 is 23.7 Å². The van der Waals surface area contributed by atoms with Crippen LogP contribution in [-0.2, 0) is 22.3 Å². The topological polar surface area (TPSA) is 143 Å². The Morgan fingerprint density at radius 2 is 1.66 bits per heavy atom. The van der Waals surface area contributed by atoms with Gasteiger partial charge in [-0.15, -0.1) is 0 Å². The minimum Gasteiger partial charge on any atom is -0.494 e. The molecule has 0 saturated carbocycles. The molecular weight excluding hydrogens is 752 g/mol. The quantitative estimate of drug-likeness (QED) is 0.108. The summed E-state index contributed by atoms with van der Waals surface area (Å²) < 4.78 is 47.9. The maximum absolute atomic E-state index is 14.1. The molecule has 7 rings (SSSR count). The number of piperidine rings is 2. The number of rotatable bonds is 12. The fourth-order valence-electron chi connectivity index (χ4n) is 7.87. The van der Waals surface area contributed by atoms with Crippen molar-refractivity contribution in [1.82, 2.24) is 25.4 Å². The van der Waals surface area contributed by atoms with Crippen LogP contribution in [0.2, 0.25) is 0 Å². The van der Waals surface area contributed by atoms with Gasteiger partial charge in [-0.2, -0.15) is 13.2 Å². The lowest BCUT2D eigenvalue weighted by molar-refractivity contribution is -0.137. The molecule has 58 heavy (non-hydrogen) atoms. The average Bonchev–Trinajstić information content (AvgIpc) is 3.22. The van der Waals surface area contributed by atoms with Crippen LogP contribution in [0.5, 0.6) is 5.75 Å². The SMILES string of the molecule is CNC(=O)c1ccccc1Nc1cc(Nc2ccc(N3CCC(N4CCN(Cc5cccc(NC6CCC(=O)NC6=O)c5)CC4)CC3)cc2OC)ncc1C(F)(F)F. The van der Waals surface area contributed by atoms with Crippen molar-refractivity contribution in [2.75, 3.05) is 74.3 Å². The highest BCUT2D eigenvalue weighted by molar-refractivity contribution is 6.01. The Labute approximate surface area is 335 Å². The molecule has 3 amide bonds. The number of methoxy groups -OCH3 is 1. The molecule has 0 radical (unpaired) electrons. The average molecular weight is 800 g/mol. The Balaban J connectivity index is 0.927. The summed E-state index contributed by atoms with van der Waals surface area (Å²) in [5.74, 6) is -0.253. The van der Waals surface area contributed by atoms with Gasteiger partial charge in [0.25, 0.3) is 5.91 Å². The predicted molar refractivity (Wildman–Crippen MR) is 217 cm³/mol. The number of imide groups is 1. The Kier molecular flexibility index (Phi) is 12.3. The lowest BCUT2D eigenvalue weighted by Gasteiger charge is -2.43. The number of pyridine rings is 1. The number of piperazine rings is 1. The van der Waals surface area contributed by atoms with Crippen LogP contribution in [0.4, 0.5) is 47.4 Å². The standard InChI is InChI=1S/C42H48F3N9O4/c1-46-40(56)31-8-3-4-9-33(31)49-36-24-38(47-25-32(36)42(43,44)45)50-34-11-10-30(23-37(34)58-2)53-16-14-29(15-17-53)54-20-18-52(19-21-54)26-27-6-5-7-28(22-27)48-35-12-13-39(55)51-41(35)57/h3-11,22-25,29,35,48H,12-21,26H2,1-2H3,(H,46,56)(H2,47,49,50)(H,51,55,57). The lowest BCUT2D eigenvalue weighted by Crippen LogP contribution is -2.53. The first-order chi connectivity index (χ1) is 28.0. The number of para-hydroxylation sites is 1. The summed E-state index contributed by atoms with van der Waals surface area (Å²) in [7, 11) is 3.01. The van der Waals surface area contributed by atoms with Crippen LogP contribution in [0, 0.1) is 0 Å². The van der Waals surface area contributed by atoms with Crippen LogP contribution in [0.1, 0.15) is 47.2 Å². The van der Waals surface area contributed by atoms with Crippen molar-refractivity contribution in [1.29, 1.82) is 0 Å². The predicted octanol–water partition coefficient (Wildman–Crippen LogP) is 5.96. The van der Waals surface area contributed by atoms with Gasteiger partial charge >= 0.3 is 6.18 Å². The highest BCUT2D eigenvalue weighted by Crippen LogP contribution is 2.39. The van der Waals surface area contributed by atoms with Crippen LogP contribution >= 0.6 is 0 Å². The Morgan fingerprint density at radius 1 is 0.879 bits per heavy atom. The second-order valence-electron chi connectivity index (χ2n) is 14.8. The number of nitrogens with zero attached hydrogens (tertiary/aromatic N) is 4. The van der Waals surface area contributed by atoms with Gasteiger partial charge in [-0.3, -0.25) is 29.5 Å². The zero-order valence-electron chi connectivity index (χ0n) is 32.5. The highest BCUT2D eigenvalue weighted by atomic mass is 19.4. The Hall–Kier alpha value is -5.87. The van der Waals surface area contributed by atoms with Gasteiger partial charge in [0.05, 0.1) is 35.3 Å². The molecule has 4 heterocycles. The van der Waals surface area contributed by atoms with E-state index in [1.54, 1.807) is 25.3 Å². The molecule has 1 aromatic heterocycles. The van der Waals surface area contributed by atoms with Crippen molar-refractivity contribution in [3.8, 4) is 5.75 Å². The number of hydrogen-bond donors (Lipinski definition) is 5. The van der Waals surface area contributed by atoms with Crippen molar-refractivity contribution in [2.45, 2.75) is 50.5 Å². The summed E-state index contributed by atoms with van der Waals surface area (Å²) in [6.45, 7) is 6.48. The third-order valence-electron chi connectivity index (χ3n) is 11.0. The van der Waals surface area contributed by atoms with Gasteiger partial charge in [0.15, 0.2) is 0 Å². The molecule has 4 aromatic rings. The van der Waals surface area contributed by atoms with Crippen LogP contribution in [0.15, 0.2) is 79.0 Å². The number of amides is 3. The molecule has 3 aliphatic heterocycles. The number of anilines is 6. The molecule has 5 N–H and O–H groups in total. The minimum atomic E-state index is -4.69. The molecule has 1 atom stereocenters. The molecule has 3 aliphatic rings. The third-order valence-corrected chi connectivity index (χ3v) is 11.0. The molecule has 1 unspecified atom stereocenters. The smallest absolute Gasteiger partial charge is 0.419 e. The molecule has 13 nitrogen and oxygen atoms in total. The maximum atomic E-state index is 14.1. The minimum absolute atomic E-state index is 0.162. The molecule has 3 saturated heterocycles. The van der Waals surface area contributed by atoms with E-state index in [-0.39, 0.29) is 34.6 Å². The molecule has 306 valence electrons. The fraction of sp³-hybridized carbons (Fsp3) is 0.381. The number of halogens is 3. The number of benzene rings is 3. The van der Waals surface area contributed by atoms with E-state index in [4.69, 9.17) is 4.74 Å². The summed E-state index contributed by atoms with van der Waals surface area (Å²) in [5.41, 5.74) is 2.78. The molecule has 0 spiro atoms. The van der Waals surface area contributed by atoms with Crippen molar-refractivity contribution in [3.05, 3.63) is 95.7 Å². The van der Waals surface area contributed by atoms with Crippen LogP contribution < -0.4 is 36.2 Å². The van der Waals surface area contributed by atoms with E-state index in [0.717, 1.165) is 76.2 Å². The number of nitrogens with one attached hydrogen (secondary N) is 5. The first-order valence-corrected chi connectivity index (χ1v) is 19.5. The van der Waals surface area contributed by atoms with Crippen molar-refractivity contribution in [2.24, 2.45) is 0 Å². The van der Waals surface area contributed by atoms with Gasteiger partial charge in [-0.25, -0.2) is 4.98 Å². The molecule has 0 bridgehead atoms. The summed E-state index contributed by atoms with van der Waals surface area (Å²) in [6.07, 6.45) is -1.06. The number of carbonyl (C=O) groups excluding carboxylic acids is 3. The maximum Gasteiger partial charge on any atom is 0.419 e. The Morgan fingerprint density at radius 3 is 2.38 bits per heavy atom. The van der Waals surface area contributed by atoms with E-state index in [2.05, 4.69) is 58.4 Å². The van der Waals surface area contributed by atoms with Gasteiger partial charge in [0.2, 0.25) is 11.8 Å². The van der Waals surface area contributed by atoms with Crippen LogP contribution in [0.25, 0.3) is 0 Å². The summed E-state index contributed by atoms with van der Waals surface area (Å²) in [4.78, 5) is 47.6. The van der Waals surface area contributed by atoms with E-state index >= 15 is 0 Å². The summed E-state index contributed by atoms with van der Waals surface area (Å²) in [5, 5.41) is 14.1. The first-order valence-electron chi connectivity index (χ1n) is 19.5. The van der Waals surface area contributed by atoms with Crippen molar-refractivity contribution >= 4 is 52.0 Å². The largest absolute Gasteiger partial charge is 0.494 e. The van der Waals surface area contributed by atoms with Gasteiger partial charge in [0.1, 0.15) is 17.6 Å². The monoisotopic (exact) mass is 799 g/mol. The van der Waals surface area contributed by atoms with Gasteiger partial charge in [-0.1, -0.05) is 24.3 Å². The zero-order chi connectivity index (χ0) is 40.8. The molecule has 0 aliphatic carbocycles. The third kappa shape index (κ3) is 9.62. The van der Waals surface area contributed by atoms with Gasteiger partial charge in [-0.05, 0) is 61.2 Å². The van der Waals surface area contributed by atoms with Crippen molar-refractivity contribution < 1.29 is 32.3 Å². The summed E-state index contributed by atoms with van der Waals surface area (Å²) >= 11 is 0. The van der Waals surface area contributed by atoms with E-state index in [1.165, 1.54) is 24.7 Å². The first kappa shape index (κ1) is 40.3. The van der Waals surface area contributed by atoms with Crippen LogP contribution in [0.3, 0.4) is 0 Å². The van der Waals surface area contributed by atoms with Gasteiger partial charge in [0, 0.05) is 95.0 Å². The zero-order valence-corrected chi connectivity index (χ0v) is 32.5. The number of alkyl halides is 3. The number of hydrogen-bond acceptors (Lipinski definition) is 11. The number of carbonyl (C=O) groups is 3. The van der Waals surface area contributed by atoms with Gasteiger partial charge < -0.3 is 30.9 Å². The van der Waals surface area contributed by atoms with E-state index in [9.17, 15) is 27.6 Å². The van der Waals surface area contributed by atoms with Crippen LogP contribution in [-0.4, -0.2) is 98.0 Å². The van der Waals surface area contributed by atoms with E-state index in [0.29, 0.717) is 30.3 Å². The second-order valence-corrected chi connectivity index (χ2v) is 14.8. The molecule has 16 heteroatoms. The Bertz CT molecular complexity index is 2120. The highest BCUT2D eigenvalue weighted by Gasteiger charge is 2.35. The molecular formula is C42H48F3N9O4. The fourth-order valence-corrected chi connectivity index (χ4v) is 7.87. The molecule has 3 aromatic carbocycles. The summed E-state index contributed by atoms with van der Waals surface area (Å²) in [6, 6.07) is 21.6. The number of aromatic nitrogens is 1. The van der Waals surface area contributed by atoms with E-state index in [1.807, 2.05) is 30.3 Å². The molecule has 3 fully saturated rings. The second kappa shape index (κ2) is 17.7. The lowest BCUT2D eigenvalue weighted by atomic mass is 10.0. The van der Waals surface area contributed by atoms with Crippen molar-refractivity contribution in [3.63, 3.8) is 0 Å².